The van der Waals surface area contributed by atoms with Crippen molar-refractivity contribution in [3.8, 4) is 5.75 Å². The number of hydrogen-bond acceptors (Lipinski definition) is 3. The molecule has 1 aromatic rings. The van der Waals surface area contributed by atoms with E-state index in [1.807, 2.05) is 18.2 Å². The molecule has 1 saturated heterocycles. The van der Waals surface area contributed by atoms with Crippen LogP contribution in [0, 0.1) is 13.8 Å². The highest BCUT2D eigenvalue weighted by Gasteiger charge is 2.14. The molecule has 20 heavy (non-hydrogen) atoms. The maximum Gasteiger partial charge on any atom is 0.223 e. The summed E-state index contributed by atoms with van der Waals surface area (Å²) in [5.74, 6) is 0.920. The lowest BCUT2D eigenvalue weighted by Gasteiger charge is -2.23. The third kappa shape index (κ3) is 4.53. The van der Waals surface area contributed by atoms with Gasteiger partial charge < -0.3 is 15.4 Å². The summed E-state index contributed by atoms with van der Waals surface area (Å²) < 4.78 is 5.63. The van der Waals surface area contributed by atoms with Crippen LogP contribution in [0.3, 0.4) is 0 Å². The van der Waals surface area contributed by atoms with E-state index in [0.717, 1.165) is 31.7 Å². The van der Waals surface area contributed by atoms with Gasteiger partial charge in [0.1, 0.15) is 5.75 Å². The van der Waals surface area contributed by atoms with Crippen molar-refractivity contribution in [2.45, 2.75) is 39.2 Å². The minimum absolute atomic E-state index is 0.0840. The number of carbonyl (C=O) groups excluding carboxylic acids is 1. The molecule has 0 atom stereocenters. The molecule has 0 bridgehead atoms. The number of nitrogens with one attached hydrogen (secondary N) is 2. The van der Waals surface area contributed by atoms with Crippen LogP contribution in [0.15, 0.2) is 18.2 Å². The highest BCUT2D eigenvalue weighted by Crippen LogP contribution is 2.16. The van der Waals surface area contributed by atoms with Gasteiger partial charge in [0.25, 0.3) is 0 Å². The van der Waals surface area contributed by atoms with Gasteiger partial charge in [-0.3, -0.25) is 4.79 Å². The third-order valence-electron chi connectivity index (χ3n) is 3.78. The zero-order chi connectivity index (χ0) is 14.4. The normalized spacial score (nSPS) is 15.9. The minimum Gasteiger partial charge on any atom is -0.493 e. The lowest BCUT2D eigenvalue weighted by atomic mass is 10.1. The van der Waals surface area contributed by atoms with Crippen molar-refractivity contribution in [2.24, 2.45) is 0 Å². The first kappa shape index (κ1) is 14.9. The van der Waals surface area contributed by atoms with Crippen LogP contribution < -0.4 is 15.4 Å². The summed E-state index contributed by atoms with van der Waals surface area (Å²) in [7, 11) is 0. The van der Waals surface area contributed by atoms with Crippen LogP contribution in [-0.4, -0.2) is 31.6 Å². The summed E-state index contributed by atoms with van der Waals surface area (Å²) in [5, 5.41) is 6.35. The molecule has 4 nitrogen and oxygen atoms in total. The Kier molecular flexibility index (Phi) is 5.41. The molecule has 0 saturated carbocycles. The van der Waals surface area contributed by atoms with Crippen molar-refractivity contribution in [2.75, 3.05) is 19.7 Å². The van der Waals surface area contributed by atoms with Crippen molar-refractivity contribution < 1.29 is 9.53 Å². The fraction of sp³-hybridized carbons (Fsp3) is 0.562. The molecule has 0 aromatic heterocycles. The Morgan fingerprint density at radius 1 is 1.30 bits per heavy atom. The average Bonchev–Trinajstić information content (AvgIpc) is 2.44. The fourth-order valence-electron chi connectivity index (χ4n) is 2.33. The first-order chi connectivity index (χ1) is 9.65. The monoisotopic (exact) mass is 276 g/mol. The molecule has 2 N–H and O–H groups in total. The smallest absolute Gasteiger partial charge is 0.223 e. The van der Waals surface area contributed by atoms with Gasteiger partial charge in [0.05, 0.1) is 13.0 Å². The fourth-order valence-corrected chi connectivity index (χ4v) is 2.33. The van der Waals surface area contributed by atoms with Crippen molar-refractivity contribution in [3.05, 3.63) is 29.3 Å². The lowest BCUT2D eigenvalue weighted by molar-refractivity contribution is -0.122. The van der Waals surface area contributed by atoms with Crippen molar-refractivity contribution in [3.63, 3.8) is 0 Å². The molecule has 1 heterocycles. The standard InChI is InChI=1S/C16H24N2O2/c1-12-3-4-15(11-13(12)2)20-10-7-16(19)18-14-5-8-17-9-6-14/h3-4,11,14,17H,5-10H2,1-2H3,(H,18,19). The molecular weight excluding hydrogens is 252 g/mol. The Morgan fingerprint density at radius 3 is 2.75 bits per heavy atom. The molecule has 2 rings (SSSR count). The first-order valence-corrected chi connectivity index (χ1v) is 7.35. The predicted molar refractivity (Wildman–Crippen MR) is 80.1 cm³/mol. The van der Waals surface area contributed by atoms with Crippen LogP contribution in [-0.2, 0) is 4.79 Å². The number of aryl methyl sites for hydroxylation is 2. The summed E-state index contributed by atoms with van der Waals surface area (Å²) in [5.41, 5.74) is 2.46. The van der Waals surface area contributed by atoms with Gasteiger partial charge in [0.15, 0.2) is 0 Å². The van der Waals surface area contributed by atoms with Gasteiger partial charge in [-0.2, -0.15) is 0 Å². The summed E-state index contributed by atoms with van der Waals surface area (Å²) in [6.07, 6.45) is 2.45. The molecule has 1 amide bonds. The molecule has 0 aliphatic carbocycles. The van der Waals surface area contributed by atoms with E-state index in [-0.39, 0.29) is 5.91 Å². The van der Waals surface area contributed by atoms with E-state index in [1.165, 1.54) is 11.1 Å². The maximum atomic E-state index is 11.8. The third-order valence-corrected chi connectivity index (χ3v) is 3.78. The van der Waals surface area contributed by atoms with Crippen LogP contribution in [0.25, 0.3) is 0 Å². The number of hydrogen-bond donors (Lipinski definition) is 2. The van der Waals surface area contributed by atoms with Crippen molar-refractivity contribution >= 4 is 5.91 Å². The van der Waals surface area contributed by atoms with Gasteiger partial charge >= 0.3 is 0 Å². The summed E-state index contributed by atoms with van der Waals surface area (Å²) >= 11 is 0. The lowest BCUT2D eigenvalue weighted by Crippen LogP contribution is -2.43. The second kappa shape index (κ2) is 7.29. The number of amides is 1. The molecule has 0 unspecified atom stereocenters. The molecular formula is C16H24N2O2. The second-order valence-electron chi connectivity index (χ2n) is 5.44. The van der Waals surface area contributed by atoms with Crippen LogP contribution in [0.1, 0.15) is 30.4 Å². The minimum atomic E-state index is 0.0840. The Balaban J connectivity index is 1.69. The summed E-state index contributed by atoms with van der Waals surface area (Å²) in [6, 6.07) is 6.33. The van der Waals surface area contributed by atoms with Crippen molar-refractivity contribution in [1.29, 1.82) is 0 Å². The highest BCUT2D eigenvalue weighted by molar-refractivity contribution is 5.76. The van der Waals surface area contributed by atoms with E-state index < -0.39 is 0 Å². The Bertz CT molecular complexity index is 454. The van der Waals surface area contributed by atoms with Gasteiger partial charge in [-0.05, 0) is 63.0 Å². The SMILES string of the molecule is Cc1ccc(OCCC(=O)NC2CCNCC2)cc1C. The topological polar surface area (TPSA) is 50.4 Å². The van der Waals surface area contributed by atoms with E-state index in [1.54, 1.807) is 0 Å². The molecule has 1 fully saturated rings. The molecule has 1 aliphatic heterocycles. The average molecular weight is 276 g/mol. The van der Waals surface area contributed by atoms with Gasteiger partial charge in [-0.15, -0.1) is 0 Å². The molecule has 1 aromatic carbocycles. The van der Waals surface area contributed by atoms with Crippen LogP contribution in [0.4, 0.5) is 0 Å². The number of rotatable bonds is 5. The highest BCUT2D eigenvalue weighted by atomic mass is 16.5. The van der Waals surface area contributed by atoms with Crippen LogP contribution in [0.2, 0.25) is 0 Å². The Labute approximate surface area is 120 Å². The number of ether oxygens (including phenoxy) is 1. The van der Waals surface area contributed by atoms with Gasteiger partial charge in [-0.1, -0.05) is 6.07 Å². The second-order valence-corrected chi connectivity index (χ2v) is 5.44. The number of benzene rings is 1. The number of piperidine rings is 1. The van der Waals surface area contributed by atoms with E-state index >= 15 is 0 Å². The predicted octanol–water partition coefficient (Wildman–Crippen LogP) is 1.94. The molecule has 1 aliphatic rings. The summed E-state index contributed by atoms with van der Waals surface area (Å²) in [4.78, 5) is 11.8. The zero-order valence-electron chi connectivity index (χ0n) is 12.4. The van der Waals surface area contributed by atoms with Crippen LogP contribution >= 0.6 is 0 Å². The van der Waals surface area contributed by atoms with E-state index in [9.17, 15) is 4.79 Å². The quantitative estimate of drug-likeness (QED) is 0.864. The van der Waals surface area contributed by atoms with Gasteiger partial charge in [0.2, 0.25) is 5.91 Å². The largest absolute Gasteiger partial charge is 0.493 e. The Hall–Kier alpha value is -1.55. The molecule has 0 spiro atoms. The molecule has 4 heteroatoms. The van der Waals surface area contributed by atoms with Crippen LogP contribution in [0.5, 0.6) is 5.75 Å². The van der Waals surface area contributed by atoms with E-state index in [2.05, 4.69) is 24.5 Å². The number of carbonyl (C=O) groups is 1. The van der Waals surface area contributed by atoms with Gasteiger partial charge in [0, 0.05) is 6.04 Å². The summed E-state index contributed by atoms with van der Waals surface area (Å²) in [6.45, 7) is 6.55. The van der Waals surface area contributed by atoms with E-state index in [4.69, 9.17) is 4.74 Å². The molecule has 0 radical (unpaired) electrons. The maximum absolute atomic E-state index is 11.8. The van der Waals surface area contributed by atoms with E-state index in [0.29, 0.717) is 19.1 Å². The first-order valence-electron chi connectivity index (χ1n) is 7.35. The zero-order valence-corrected chi connectivity index (χ0v) is 12.4. The molecule has 110 valence electrons. The van der Waals surface area contributed by atoms with Gasteiger partial charge in [-0.25, -0.2) is 0 Å². The Morgan fingerprint density at radius 2 is 2.05 bits per heavy atom. The van der Waals surface area contributed by atoms with Crippen molar-refractivity contribution in [1.82, 2.24) is 10.6 Å².